The van der Waals surface area contributed by atoms with Gasteiger partial charge in [-0.2, -0.15) is 0 Å². The Bertz CT molecular complexity index is 1970. The van der Waals surface area contributed by atoms with E-state index in [0.29, 0.717) is 30.6 Å². The van der Waals surface area contributed by atoms with Gasteiger partial charge < -0.3 is 19.3 Å². The number of likely N-dealkylation sites (tertiary alicyclic amines) is 2. The first-order valence-electron chi connectivity index (χ1n) is 17.6. The maximum absolute atomic E-state index is 14.1. The number of carbonyl (C=O) groups is 4. The van der Waals surface area contributed by atoms with Crippen LogP contribution in [-0.2, 0) is 19.1 Å². The summed E-state index contributed by atoms with van der Waals surface area (Å²) in [4.78, 5) is 61.2. The molecule has 4 aliphatic rings. The van der Waals surface area contributed by atoms with Gasteiger partial charge in [0.2, 0.25) is 11.8 Å². The maximum Gasteiger partial charge on any atom is 0.411 e. The molecule has 264 valence electrons. The van der Waals surface area contributed by atoms with Crippen LogP contribution in [0.25, 0.3) is 0 Å². The quantitative estimate of drug-likeness (QED) is 0.157. The summed E-state index contributed by atoms with van der Waals surface area (Å²) in [6, 6.07) is 30.7. The first-order valence-corrected chi connectivity index (χ1v) is 17.6. The van der Waals surface area contributed by atoms with E-state index in [1.807, 2.05) is 109 Å². The molecule has 4 fully saturated rings. The van der Waals surface area contributed by atoms with Gasteiger partial charge in [0.1, 0.15) is 25.3 Å². The SMILES string of the molecule is C#Cc1ccc([C@@H]2[C@H](N3C(=O)OC[C@@H]3c3ccccc3)C(=O)N2CCCN2C(=O)[C@@H](N3C(=O)OC[C@@H]3c3ccccc3)[C@H]2c2ccc(C#C)cc2)cc1. The molecule has 0 saturated carbocycles. The zero-order valence-electron chi connectivity index (χ0n) is 28.8. The van der Waals surface area contributed by atoms with Crippen LogP contribution in [0, 0.1) is 24.7 Å². The molecule has 0 bridgehead atoms. The number of rotatable bonds is 10. The lowest BCUT2D eigenvalue weighted by Gasteiger charge is -2.53. The largest absolute Gasteiger partial charge is 0.447 e. The molecule has 0 unspecified atom stereocenters. The first kappa shape index (κ1) is 33.6. The average molecular weight is 705 g/mol. The summed E-state index contributed by atoms with van der Waals surface area (Å²) in [5.74, 6) is 4.87. The number of nitrogens with zero attached hydrogens (tertiary/aromatic N) is 4. The van der Waals surface area contributed by atoms with Gasteiger partial charge in [0.25, 0.3) is 0 Å². The maximum atomic E-state index is 14.1. The minimum atomic E-state index is -0.777. The number of amides is 4. The van der Waals surface area contributed by atoms with E-state index in [1.54, 1.807) is 19.6 Å². The molecule has 4 saturated heterocycles. The molecule has 10 heteroatoms. The lowest BCUT2D eigenvalue weighted by Crippen LogP contribution is -2.67. The van der Waals surface area contributed by atoms with Crippen LogP contribution in [-0.4, -0.2) is 82.0 Å². The fourth-order valence-electron chi connectivity index (χ4n) is 8.13. The van der Waals surface area contributed by atoms with E-state index in [1.165, 1.54) is 0 Å². The van der Waals surface area contributed by atoms with Crippen molar-refractivity contribution in [1.82, 2.24) is 19.6 Å². The van der Waals surface area contributed by atoms with Crippen LogP contribution >= 0.6 is 0 Å². The Kier molecular flexibility index (Phi) is 8.81. The van der Waals surface area contributed by atoms with E-state index < -0.39 is 48.4 Å². The summed E-state index contributed by atoms with van der Waals surface area (Å²) >= 11 is 0. The van der Waals surface area contributed by atoms with Crippen molar-refractivity contribution in [2.75, 3.05) is 26.3 Å². The highest BCUT2D eigenvalue weighted by Crippen LogP contribution is 2.46. The van der Waals surface area contributed by atoms with E-state index in [0.717, 1.165) is 22.3 Å². The Morgan fingerprint density at radius 1 is 0.509 bits per heavy atom. The zero-order valence-corrected chi connectivity index (χ0v) is 28.8. The van der Waals surface area contributed by atoms with Gasteiger partial charge in [0.05, 0.1) is 24.2 Å². The lowest BCUT2D eigenvalue weighted by atomic mass is 9.84. The molecule has 10 nitrogen and oxygen atoms in total. The highest BCUT2D eigenvalue weighted by molar-refractivity contribution is 5.94. The number of hydrogen-bond acceptors (Lipinski definition) is 6. The molecule has 4 heterocycles. The van der Waals surface area contributed by atoms with Crippen molar-refractivity contribution in [3.8, 4) is 24.7 Å². The number of terminal acetylenes is 2. The topological polar surface area (TPSA) is 99.7 Å². The molecule has 0 radical (unpaired) electrons. The van der Waals surface area contributed by atoms with Gasteiger partial charge in [-0.25, -0.2) is 9.59 Å². The van der Waals surface area contributed by atoms with Gasteiger partial charge in [-0.1, -0.05) is 96.8 Å². The molecule has 53 heavy (non-hydrogen) atoms. The van der Waals surface area contributed by atoms with Crippen LogP contribution in [0.2, 0.25) is 0 Å². The molecule has 0 N–H and O–H groups in total. The third-order valence-electron chi connectivity index (χ3n) is 10.8. The predicted octanol–water partition coefficient (Wildman–Crippen LogP) is 5.63. The van der Waals surface area contributed by atoms with E-state index in [-0.39, 0.29) is 25.0 Å². The minimum absolute atomic E-state index is 0.146. The van der Waals surface area contributed by atoms with Crippen molar-refractivity contribution in [1.29, 1.82) is 0 Å². The summed E-state index contributed by atoms with van der Waals surface area (Å²) < 4.78 is 11.0. The van der Waals surface area contributed by atoms with Gasteiger partial charge in [0.15, 0.2) is 0 Å². The monoisotopic (exact) mass is 704 g/mol. The molecule has 4 aliphatic heterocycles. The molecule has 0 spiro atoms. The Balaban J connectivity index is 1.04. The number of β-lactam (4-membered cyclic amide) rings is 2. The highest BCUT2D eigenvalue weighted by Gasteiger charge is 2.58. The van der Waals surface area contributed by atoms with Crippen LogP contribution in [0.5, 0.6) is 0 Å². The van der Waals surface area contributed by atoms with Crippen LogP contribution in [0.1, 0.15) is 64.0 Å². The summed E-state index contributed by atoms with van der Waals surface area (Å²) in [7, 11) is 0. The molecule has 4 amide bonds. The van der Waals surface area contributed by atoms with E-state index >= 15 is 0 Å². The molecule has 6 atom stereocenters. The van der Waals surface area contributed by atoms with Crippen molar-refractivity contribution in [2.24, 2.45) is 0 Å². The Morgan fingerprint density at radius 3 is 1.25 bits per heavy atom. The minimum Gasteiger partial charge on any atom is -0.447 e. The van der Waals surface area contributed by atoms with Crippen molar-refractivity contribution in [3.63, 3.8) is 0 Å². The number of ether oxygens (including phenoxy) is 2. The third kappa shape index (κ3) is 5.83. The number of carbonyl (C=O) groups excluding carboxylic acids is 4. The predicted molar refractivity (Wildman–Crippen MR) is 195 cm³/mol. The first-order chi connectivity index (χ1) is 25.9. The van der Waals surface area contributed by atoms with Gasteiger partial charge in [-0.3, -0.25) is 19.4 Å². The zero-order chi connectivity index (χ0) is 36.6. The van der Waals surface area contributed by atoms with Crippen LogP contribution in [0.15, 0.2) is 109 Å². The second kappa shape index (κ2) is 13.9. The second-order valence-electron chi connectivity index (χ2n) is 13.6. The average Bonchev–Trinajstić information content (AvgIpc) is 3.77. The van der Waals surface area contributed by atoms with Crippen LogP contribution in [0.4, 0.5) is 9.59 Å². The van der Waals surface area contributed by atoms with Gasteiger partial charge in [-0.05, 0) is 52.9 Å². The van der Waals surface area contributed by atoms with E-state index in [4.69, 9.17) is 22.3 Å². The molecular weight excluding hydrogens is 668 g/mol. The summed E-state index contributed by atoms with van der Waals surface area (Å²) in [6.45, 7) is 0.941. The van der Waals surface area contributed by atoms with Crippen molar-refractivity contribution < 1.29 is 28.7 Å². The fraction of sp³-hybridized carbons (Fsp3) is 0.256. The second-order valence-corrected chi connectivity index (χ2v) is 13.6. The molecule has 0 aromatic heterocycles. The number of cyclic esters (lactones) is 2. The summed E-state index contributed by atoms with van der Waals surface area (Å²) in [5.41, 5.74) is 4.85. The van der Waals surface area contributed by atoms with Crippen molar-refractivity contribution in [3.05, 3.63) is 143 Å². The normalized spacial score (nSPS) is 24.9. The Morgan fingerprint density at radius 2 is 0.887 bits per heavy atom. The van der Waals surface area contributed by atoms with E-state index in [2.05, 4.69) is 11.8 Å². The smallest absolute Gasteiger partial charge is 0.411 e. The summed E-state index contributed by atoms with van der Waals surface area (Å²) in [5, 5.41) is 0. The highest BCUT2D eigenvalue weighted by atomic mass is 16.6. The van der Waals surface area contributed by atoms with Crippen molar-refractivity contribution in [2.45, 2.75) is 42.7 Å². The lowest BCUT2D eigenvalue weighted by molar-refractivity contribution is -0.161. The van der Waals surface area contributed by atoms with Gasteiger partial charge >= 0.3 is 12.2 Å². The molecule has 0 aliphatic carbocycles. The molecule has 4 aromatic rings. The van der Waals surface area contributed by atoms with E-state index in [9.17, 15) is 19.2 Å². The number of benzene rings is 4. The standard InChI is InChI=1S/C43H36N4O6/c1-3-28-16-20-32(21-17-28)36-38(46-34(26-52-42(46)50)30-12-7-5-8-13-30)40(48)44(36)24-11-25-45-37(33-22-18-29(4-2)19-23-33)39(41(45)49)47-35(27-53-43(47)51)31-14-9-6-10-15-31/h1-2,5-10,12-23,34-39H,11,24-27H2/t34-,35-,36-,37-,38+,39+/m1/s1. The third-order valence-corrected chi connectivity index (χ3v) is 10.8. The molecule has 4 aromatic carbocycles. The molecule has 8 rings (SSSR count). The van der Waals surface area contributed by atoms with Crippen LogP contribution in [0.3, 0.4) is 0 Å². The van der Waals surface area contributed by atoms with Crippen molar-refractivity contribution >= 4 is 24.0 Å². The van der Waals surface area contributed by atoms with Crippen LogP contribution < -0.4 is 0 Å². The Labute approximate surface area is 307 Å². The van der Waals surface area contributed by atoms with Gasteiger partial charge in [-0.15, -0.1) is 12.8 Å². The number of hydrogen-bond donors (Lipinski definition) is 0. The molecular formula is C43H36N4O6. The fourth-order valence-corrected chi connectivity index (χ4v) is 8.13. The van der Waals surface area contributed by atoms with Gasteiger partial charge in [0, 0.05) is 24.2 Å². The Hall–Kier alpha value is -6.52. The summed E-state index contributed by atoms with van der Waals surface area (Å²) in [6.07, 6.45) is 10.6.